The molecule has 27 heavy (non-hydrogen) atoms. The van der Waals surface area contributed by atoms with Crippen molar-refractivity contribution in [1.82, 2.24) is 0 Å². The summed E-state index contributed by atoms with van der Waals surface area (Å²) in [5.74, 6) is 0.567. The highest BCUT2D eigenvalue weighted by atomic mass is 16.7. The smallest absolute Gasteiger partial charge is 0.426 e. The Morgan fingerprint density at radius 1 is 0.889 bits per heavy atom. The summed E-state index contributed by atoms with van der Waals surface area (Å²) in [4.78, 5) is 12.4. The van der Waals surface area contributed by atoms with E-state index >= 15 is 0 Å². The van der Waals surface area contributed by atoms with E-state index in [0.29, 0.717) is 5.75 Å². The number of aryl methyl sites for hydroxylation is 1. The number of carbonyl (C=O) groups is 1. The molecule has 2 rings (SSSR count). The van der Waals surface area contributed by atoms with Crippen LogP contribution in [0.3, 0.4) is 0 Å². The highest BCUT2D eigenvalue weighted by Gasteiger charge is 2.19. The molecule has 0 amide bonds. The molecule has 0 spiro atoms. The Kier molecular flexibility index (Phi) is 8.38. The lowest BCUT2D eigenvalue weighted by Gasteiger charge is -2.19. The van der Waals surface area contributed by atoms with Crippen molar-refractivity contribution in [3.8, 4) is 5.75 Å². The van der Waals surface area contributed by atoms with Gasteiger partial charge in [-0.25, -0.2) is 4.79 Å². The Bertz CT molecular complexity index is 722. The number of benzene rings is 2. The lowest BCUT2D eigenvalue weighted by molar-refractivity contribution is 0.0526. The van der Waals surface area contributed by atoms with E-state index in [1.54, 1.807) is 0 Å². The van der Waals surface area contributed by atoms with Gasteiger partial charge in [-0.1, -0.05) is 69.0 Å². The molecule has 2 aromatic rings. The quantitative estimate of drug-likeness (QED) is 0.266. The molecule has 0 radical (unpaired) electrons. The number of ether oxygens (including phenoxy) is 2. The third kappa shape index (κ3) is 6.42. The predicted octanol–water partition coefficient (Wildman–Crippen LogP) is 7.23. The third-order valence-electron chi connectivity index (χ3n) is 5.18. The minimum absolute atomic E-state index is 0.271. The maximum atomic E-state index is 12.4. The lowest BCUT2D eigenvalue weighted by atomic mass is 10.0. The number of unbranched alkanes of at least 4 members (excludes halogenated alkanes) is 4. The van der Waals surface area contributed by atoms with E-state index in [1.165, 1.54) is 24.8 Å². The van der Waals surface area contributed by atoms with Crippen LogP contribution in [-0.4, -0.2) is 6.16 Å². The van der Waals surface area contributed by atoms with E-state index in [1.807, 2.05) is 56.3 Å². The van der Waals surface area contributed by atoms with Crippen LogP contribution in [0.5, 0.6) is 5.75 Å². The molecule has 146 valence electrons. The molecule has 0 aliphatic heterocycles. The summed E-state index contributed by atoms with van der Waals surface area (Å²) in [5, 5.41) is 0. The summed E-state index contributed by atoms with van der Waals surface area (Å²) < 4.78 is 11.2. The largest absolute Gasteiger partial charge is 0.514 e. The second-order valence-electron chi connectivity index (χ2n) is 7.20. The minimum Gasteiger partial charge on any atom is -0.426 e. The molecular formula is C24H32O3. The normalized spacial score (nSPS) is 11.9. The Morgan fingerprint density at radius 2 is 1.59 bits per heavy atom. The summed E-state index contributed by atoms with van der Waals surface area (Å²) in [7, 11) is 0. The lowest BCUT2D eigenvalue weighted by Crippen LogP contribution is -2.16. The molecule has 0 saturated carbocycles. The van der Waals surface area contributed by atoms with Crippen molar-refractivity contribution in [2.75, 3.05) is 0 Å². The Morgan fingerprint density at radius 3 is 2.30 bits per heavy atom. The number of hydrogen-bond donors (Lipinski definition) is 0. The summed E-state index contributed by atoms with van der Waals surface area (Å²) in [6, 6.07) is 13.7. The summed E-state index contributed by atoms with van der Waals surface area (Å²) >= 11 is 0. The van der Waals surface area contributed by atoms with Crippen molar-refractivity contribution in [3.63, 3.8) is 0 Å². The maximum Gasteiger partial charge on any atom is 0.514 e. The molecular weight excluding hydrogens is 336 g/mol. The zero-order valence-corrected chi connectivity index (χ0v) is 17.1. The minimum atomic E-state index is -0.635. The zero-order chi connectivity index (χ0) is 19.6. The molecule has 0 aliphatic carbocycles. The summed E-state index contributed by atoms with van der Waals surface area (Å²) in [6.07, 6.45) is 5.81. The van der Waals surface area contributed by atoms with Gasteiger partial charge in [0.05, 0.1) is 0 Å². The van der Waals surface area contributed by atoms with Crippen LogP contribution >= 0.6 is 0 Å². The zero-order valence-electron chi connectivity index (χ0n) is 17.1. The molecule has 0 N–H and O–H groups in total. The SMILES string of the molecule is CCCCCCCC(OC(=O)Oc1ccc(C)c(C)c1C)c1ccccc1. The van der Waals surface area contributed by atoms with Crippen molar-refractivity contribution in [2.45, 2.75) is 72.3 Å². The van der Waals surface area contributed by atoms with Gasteiger partial charge in [0.25, 0.3) is 0 Å². The first kappa shape index (κ1) is 21.0. The maximum absolute atomic E-state index is 12.4. The monoisotopic (exact) mass is 368 g/mol. The van der Waals surface area contributed by atoms with Gasteiger partial charge in [-0.2, -0.15) is 0 Å². The van der Waals surface area contributed by atoms with Crippen LogP contribution in [0.2, 0.25) is 0 Å². The highest BCUT2D eigenvalue weighted by molar-refractivity contribution is 5.65. The molecule has 2 aromatic carbocycles. The van der Waals surface area contributed by atoms with Crippen LogP contribution in [0.4, 0.5) is 4.79 Å². The van der Waals surface area contributed by atoms with Gasteiger partial charge in [-0.3, -0.25) is 0 Å². The van der Waals surface area contributed by atoms with Gasteiger partial charge in [0.15, 0.2) is 0 Å². The van der Waals surface area contributed by atoms with Crippen molar-refractivity contribution in [2.24, 2.45) is 0 Å². The van der Waals surface area contributed by atoms with Crippen LogP contribution in [0.1, 0.15) is 73.8 Å². The van der Waals surface area contributed by atoms with Crippen molar-refractivity contribution in [1.29, 1.82) is 0 Å². The predicted molar refractivity (Wildman–Crippen MR) is 110 cm³/mol. The van der Waals surface area contributed by atoms with Crippen LogP contribution in [-0.2, 0) is 4.74 Å². The molecule has 1 unspecified atom stereocenters. The van der Waals surface area contributed by atoms with Crippen LogP contribution in [0, 0.1) is 20.8 Å². The average Bonchev–Trinajstić information content (AvgIpc) is 2.68. The Labute approximate surface area is 163 Å². The topological polar surface area (TPSA) is 35.5 Å². The molecule has 0 fully saturated rings. The van der Waals surface area contributed by atoms with Crippen LogP contribution in [0.15, 0.2) is 42.5 Å². The first-order chi connectivity index (χ1) is 13.0. The van der Waals surface area contributed by atoms with Crippen LogP contribution < -0.4 is 4.74 Å². The fourth-order valence-electron chi connectivity index (χ4n) is 3.17. The summed E-state index contributed by atoms with van der Waals surface area (Å²) in [6.45, 7) is 8.26. The van der Waals surface area contributed by atoms with Gasteiger partial charge in [-0.15, -0.1) is 0 Å². The molecule has 0 aliphatic rings. The fourth-order valence-corrected chi connectivity index (χ4v) is 3.17. The van der Waals surface area contributed by atoms with E-state index in [0.717, 1.165) is 36.0 Å². The molecule has 1 atom stereocenters. The van der Waals surface area contributed by atoms with Gasteiger partial charge in [0.2, 0.25) is 0 Å². The Hall–Kier alpha value is -2.29. The van der Waals surface area contributed by atoms with E-state index in [-0.39, 0.29) is 6.10 Å². The number of hydrogen-bond acceptors (Lipinski definition) is 3. The van der Waals surface area contributed by atoms with E-state index in [4.69, 9.17) is 9.47 Å². The Balaban J connectivity index is 2.01. The van der Waals surface area contributed by atoms with E-state index < -0.39 is 6.16 Å². The van der Waals surface area contributed by atoms with Gasteiger partial charge in [0, 0.05) is 0 Å². The second kappa shape index (κ2) is 10.8. The van der Waals surface area contributed by atoms with Gasteiger partial charge < -0.3 is 9.47 Å². The van der Waals surface area contributed by atoms with Crippen molar-refractivity contribution < 1.29 is 14.3 Å². The van der Waals surface area contributed by atoms with Gasteiger partial charge in [0.1, 0.15) is 11.9 Å². The number of carbonyl (C=O) groups excluding carboxylic acids is 1. The molecule has 0 heterocycles. The van der Waals surface area contributed by atoms with Crippen molar-refractivity contribution >= 4 is 6.16 Å². The molecule has 3 nitrogen and oxygen atoms in total. The van der Waals surface area contributed by atoms with E-state index in [9.17, 15) is 4.79 Å². The first-order valence-electron chi connectivity index (χ1n) is 10.0. The van der Waals surface area contributed by atoms with E-state index in [2.05, 4.69) is 13.8 Å². The molecule has 0 bridgehead atoms. The second-order valence-corrected chi connectivity index (χ2v) is 7.20. The van der Waals surface area contributed by atoms with Crippen LogP contribution in [0.25, 0.3) is 0 Å². The molecule has 0 saturated heterocycles. The fraction of sp³-hybridized carbons (Fsp3) is 0.458. The molecule has 0 aromatic heterocycles. The third-order valence-corrected chi connectivity index (χ3v) is 5.18. The van der Waals surface area contributed by atoms with Gasteiger partial charge in [-0.05, 0) is 61.9 Å². The molecule has 3 heteroatoms. The van der Waals surface area contributed by atoms with Gasteiger partial charge >= 0.3 is 6.16 Å². The summed E-state index contributed by atoms with van der Waals surface area (Å²) in [5.41, 5.74) is 4.31. The standard InChI is InChI=1S/C24H32O3/c1-5-6-7-8-12-15-23(21-13-10-9-11-14-21)27-24(25)26-22-17-16-18(2)19(3)20(22)4/h9-11,13-14,16-17,23H,5-8,12,15H2,1-4H3. The highest BCUT2D eigenvalue weighted by Crippen LogP contribution is 2.27. The number of rotatable bonds is 9. The first-order valence-corrected chi connectivity index (χ1v) is 10.0. The van der Waals surface area contributed by atoms with Crippen molar-refractivity contribution in [3.05, 3.63) is 64.7 Å². The average molecular weight is 369 g/mol.